The minimum atomic E-state index is -0.106. The highest BCUT2D eigenvalue weighted by atomic mass is 32.1. The molecule has 0 spiro atoms. The highest BCUT2D eigenvalue weighted by Crippen LogP contribution is 2.15. The number of urea groups is 1. The maximum absolute atomic E-state index is 11.7. The van der Waals surface area contributed by atoms with Gasteiger partial charge in [-0.15, -0.1) is 11.3 Å². The van der Waals surface area contributed by atoms with Crippen LogP contribution >= 0.6 is 11.3 Å². The molecular weight excluding hydrogens is 294 g/mol. The Morgan fingerprint density at radius 2 is 2.00 bits per heavy atom. The first kappa shape index (κ1) is 14.7. The molecule has 3 rings (SSSR count). The fourth-order valence-electron chi connectivity index (χ4n) is 2.43. The van der Waals surface area contributed by atoms with Crippen LogP contribution in [0.5, 0.6) is 0 Å². The van der Waals surface area contributed by atoms with Gasteiger partial charge in [0.15, 0.2) is 0 Å². The molecule has 0 aliphatic carbocycles. The monoisotopic (exact) mass is 313 g/mol. The van der Waals surface area contributed by atoms with Crippen LogP contribution in [0.15, 0.2) is 54.0 Å². The van der Waals surface area contributed by atoms with Crippen molar-refractivity contribution in [2.24, 2.45) is 0 Å². The van der Waals surface area contributed by atoms with Crippen molar-refractivity contribution in [1.82, 2.24) is 15.2 Å². The Labute approximate surface area is 133 Å². The van der Waals surface area contributed by atoms with Crippen LogP contribution in [-0.2, 0) is 13.1 Å². The van der Waals surface area contributed by atoms with Gasteiger partial charge in [-0.05, 0) is 35.4 Å². The summed E-state index contributed by atoms with van der Waals surface area (Å²) >= 11 is 1.65. The number of nitrogens with zero attached hydrogens (tertiary/aromatic N) is 1. The fourth-order valence-corrected chi connectivity index (χ4v) is 3.07. The number of rotatable bonds is 6. The fraction of sp³-hybridized carbons (Fsp3) is 0.235. The first-order valence-corrected chi connectivity index (χ1v) is 8.29. The zero-order chi connectivity index (χ0) is 15.2. The van der Waals surface area contributed by atoms with Crippen molar-refractivity contribution in [3.63, 3.8) is 0 Å². The lowest BCUT2D eigenvalue weighted by atomic mass is 10.2. The SMILES string of the molecule is O=C(NCCCn1ccc2ccccc21)NCc1cccs1. The quantitative estimate of drug-likeness (QED) is 0.671. The van der Waals surface area contributed by atoms with E-state index in [2.05, 4.69) is 45.7 Å². The third-order valence-electron chi connectivity index (χ3n) is 3.54. The normalized spacial score (nSPS) is 10.7. The molecule has 2 heterocycles. The van der Waals surface area contributed by atoms with E-state index in [1.807, 2.05) is 23.6 Å². The predicted octanol–water partition coefficient (Wildman–Crippen LogP) is 3.59. The number of aryl methyl sites for hydroxylation is 1. The van der Waals surface area contributed by atoms with Gasteiger partial charge in [-0.3, -0.25) is 0 Å². The molecule has 22 heavy (non-hydrogen) atoms. The number of hydrogen-bond donors (Lipinski definition) is 2. The van der Waals surface area contributed by atoms with Gasteiger partial charge >= 0.3 is 6.03 Å². The zero-order valence-corrected chi connectivity index (χ0v) is 13.1. The number of benzene rings is 1. The molecule has 0 fully saturated rings. The molecule has 0 saturated carbocycles. The Kier molecular flexibility index (Phi) is 4.75. The van der Waals surface area contributed by atoms with Crippen molar-refractivity contribution < 1.29 is 4.79 Å². The Morgan fingerprint density at radius 1 is 1.09 bits per heavy atom. The number of carbonyl (C=O) groups is 1. The zero-order valence-electron chi connectivity index (χ0n) is 12.3. The summed E-state index contributed by atoms with van der Waals surface area (Å²) in [6, 6.07) is 14.4. The molecule has 0 aliphatic heterocycles. The van der Waals surface area contributed by atoms with Gasteiger partial charge in [0.1, 0.15) is 0 Å². The lowest BCUT2D eigenvalue weighted by molar-refractivity contribution is 0.240. The maximum atomic E-state index is 11.7. The van der Waals surface area contributed by atoms with Crippen molar-refractivity contribution in [3.05, 3.63) is 58.9 Å². The summed E-state index contributed by atoms with van der Waals surface area (Å²) in [6.45, 7) is 2.16. The smallest absolute Gasteiger partial charge is 0.315 e. The highest BCUT2D eigenvalue weighted by Gasteiger charge is 2.02. The lowest BCUT2D eigenvalue weighted by Gasteiger charge is -2.08. The van der Waals surface area contributed by atoms with Crippen LogP contribution in [0.1, 0.15) is 11.3 Å². The molecule has 2 N–H and O–H groups in total. The summed E-state index contributed by atoms with van der Waals surface area (Å²) in [6.07, 6.45) is 3.01. The number of nitrogens with one attached hydrogen (secondary N) is 2. The van der Waals surface area contributed by atoms with Gasteiger partial charge in [0.05, 0.1) is 6.54 Å². The van der Waals surface area contributed by atoms with E-state index in [0.29, 0.717) is 13.1 Å². The van der Waals surface area contributed by atoms with E-state index < -0.39 is 0 Å². The van der Waals surface area contributed by atoms with Crippen molar-refractivity contribution in [2.45, 2.75) is 19.5 Å². The Bertz CT molecular complexity index is 733. The Hall–Kier alpha value is -2.27. The van der Waals surface area contributed by atoms with Crippen LogP contribution in [0, 0.1) is 0 Å². The van der Waals surface area contributed by atoms with Gasteiger partial charge in [0.25, 0.3) is 0 Å². The topological polar surface area (TPSA) is 46.1 Å². The molecule has 3 aromatic rings. The molecule has 0 saturated heterocycles. The number of carbonyl (C=O) groups excluding carboxylic acids is 1. The summed E-state index contributed by atoms with van der Waals surface area (Å²) in [5.41, 5.74) is 1.24. The summed E-state index contributed by atoms with van der Waals surface area (Å²) in [5, 5.41) is 9.02. The van der Waals surface area contributed by atoms with Gasteiger partial charge in [0, 0.05) is 29.7 Å². The van der Waals surface area contributed by atoms with Crippen LogP contribution in [0.2, 0.25) is 0 Å². The second-order valence-electron chi connectivity index (χ2n) is 5.11. The molecule has 0 unspecified atom stereocenters. The molecule has 0 bridgehead atoms. The first-order valence-electron chi connectivity index (χ1n) is 7.41. The first-order chi connectivity index (χ1) is 10.8. The number of aromatic nitrogens is 1. The van der Waals surface area contributed by atoms with Gasteiger partial charge in [-0.2, -0.15) is 0 Å². The summed E-state index contributed by atoms with van der Waals surface area (Å²) in [5.74, 6) is 0. The van der Waals surface area contributed by atoms with Crippen LogP contribution < -0.4 is 10.6 Å². The summed E-state index contributed by atoms with van der Waals surface area (Å²) in [7, 11) is 0. The molecule has 0 radical (unpaired) electrons. The third-order valence-corrected chi connectivity index (χ3v) is 4.42. The number of fused-ring (bicyclic) bond motifs is 1. The molecular formula is C17H19N3OS. The molecule has 4 nitrogen and oxygen atoms in total. The van der Waals surface area contributed by atoms with E-state index in [4.69, 9.17) is 0 Å². The number of thiophene rings is 1. The van der Waals surface area contributed by atoms with Crippen molar-refractivity contribution >= 4 is 28.3 Å². The average Bonchev–Trinajstić information content (AvgIpc) is 3.19. The minimum absolute atomic E-state index is 0.106. The molecule has 0 aliphatic rings. The van der Waals surface area contributed by atoms with Gasteiger partial charge in [-0.1, -0.05) is 24.3 Å². The van der Waals surface area contributed by atoms with Crippen LogP contribution in [0.4, 0.5) is 4.79 Å². The van der Waals surface area contributed by atoms with E-state index >= 15 is 0 Å². The van der Waals surface area contributed by atoms with Gasteiger partial charge in [0.2, 0.25) is 0 Å². The molecule has 114 valence electrons. The molecule has 5 heteroatoms. The van der Waals surface area contributed by atoms with Crippen LogP contribution in [0.25, 0.3) is 10.9 Å². The second-order valence-corrected chi connectivity index (χ2v) is 6.14. The molecule has 0 atom stereocenters. The molecule has 1 aromatic carbocycles. The van der Waals surface area contributed by atoms with Crippen LogP contribution in [-0.4, -0.2) is 17.1 Å². The Morgan fingerprint density at radius 3 is 2.86 bits per heavy atom. The second kappa shape index (κ2) is 7.13. The van der Waals surface area contributed by atoms with Gasteiger partial charge in [-0.25, -0.2) is 4.79 Å². The van der Waals surface area contributed by atoms with E-state index in [1.54, 1.807) is 11.3 Å². The van der Waals surface area contributed by atoms with Crippen molar-refractivity contribution in [3.8, 4) is 0 Å². The van der Waals surface area contributed by atoms with E-state index in [0.717, 1.165) is 17.8 Å². The average molecular weight is 313 g/mol. The summed E-state index contributed by atoms with van der Waals surface area (Å²) in [4.78, 5) is 12.8. The van der Waals surface area contributed by atoms with Crippen molar-refractivity contribution in [2.75, 3.05) is 6.54 Å². The van der Waals surface area contributed by atoms with Gasteiger partial charge < -0.3 is 15.2 Å². The van der Waals surface area contributed by atoms with Crippen molar-refractivity contribution in [1.29, 1.82) is 0 Å². The highest BCUT2D eigenvalue weighted by molar-refractivity contribution is 7.09. The lowest BCUT2D eigenvalue weighted by Crippen LogP contribution is -2.35. The number of amides is 2. The molecule has 2 amide bonds. The van der Waals surface area contributed by atoms with E-state index in [1.165, 1.54) is 10.9 Å². The standard InChI is InChI=1S/C17H19N3OS/c21-17(19-13-15-6-3-12-22-15)18-9-4-10-20-11-8-14-5-1-2-7-16(14)20/h1-3,5-8,11-12H,4,9-10,13H2,(H2,18,19,21). The largest absolute Gasteiger partial charge is 0.347 e. The predicted molar refractivity (Wildman–Crippen MR) is 91.1 cm³/mol. The summed E-state index contributed by atoms with van der Waals surface area (Å²) < 4.78 is 2.22. The third kappa shape index (κ3) is 3.68. The molecule has 2 aromatic heterocycles. The van der Waals surface area contributed by atoms with Crippen LogP contribution in [0.3, 0.4) is 0 Å². The van der Waals surface area contributed by atoms with E-state index in [9.17, 15) is 4.79 Å². The maximum Gasteiger partial charge on any atom is 0.315 e. The minimum Gasteiger partial charge on any atom is -0.347 e. The number of hydrogen-bond acceptors (Lipinski definition) is 2. The Balaban J connectivity index is 1.39. The van der Waals surface area contributed by atoms with E-state index in [-0.39, 0.29) is 6.03 Å². The number of para-hydroxylation sites is 1.